The quantitative estimate of drug-likeness (QED) is 0.439. The Morgan fingerprint density at radius 2 is 2.05 bits per heavy atom. The molecular weight excluding hydrogens is 264 g/mol. The van der Waals surface area contributed by atoms with Gasteiger partial charge in [-0.25, -0.2) is 10.8 Å². The van der Waals surface area contributed by atoms with E-state index >= 15 is 0 Å². The number of hydrogen-bond acceptors (Lipinski definition) is 4. The summed E-state index contributed by atoms with van der Waals surface area (Å²) in [6.07, 6.45) is 4.10. The number of aromatic nitrogens is 1. The molecule has 5 nitrogen and oxygen atoms in total. The Labute approximate surface area is 127 Å². The zero-order valence-electron chi connectivity index (χ0n) is 13.6. The van der Waals surface area contributed by atoms with Crippen LogP contribution in [0.15, 0.2) is 12.1 Å². The highest BCUT2D eigenvalue weighted by molar-refractivity contribution is 5.95. The van der Waals surface area contributed by atoms with Crippen molar-refractivity contribution in [2.75, 3.05) is 12.0 Å². The van der Waals surface area contributed by atoms with Gasteiger partial charge in [0.25, 0.3) is 5.91 Å². The second kappa shape index (κ2) is 8.62. The molecule has 0 radical (unpaired) electrons. The average molecular weight is 292 g/mol. The van der Waals surface area contributed by atoms with Gasteiger partial charge in [-0.05, 0) is 38.8 Å². The molecule has 0 saturated heterocycles. The molecule has 1 rings (SSSR count). The van der Waals surface area contributed by atoms with Gasteiger partial charge in [-0.15, -0.1) is 0 Å². The van der Waals surface area contributed by atoms with Gasteiger partial charge in [-0.3, -0.25) is 4.79 Å². The van der Waals surface area contributed by atoms with Crippen LogP contribution in [0.3, 0.4) is 0 Å². The Morgan fingerprint density at radius 3 is 2.57 bits per heavy atom. The summed E-state index contributed by atoms with van der Waals surface area (Å²) in [5.74, 6) is 6.03. The molecule has 0 fully saturated rings. The number of pyridine rings is 1. The highest BCUT2D eigenvalue weighted by Crippen LogP contribution is 2.15. The normalized spacial score (nSPS) is 10.8. The minimum Gasteiger partial charge on any atom is -0.336 e. The number of unbranched alkanes of at least 4 members (excludes halogenated alkanes) is 2. The summed E-state index contributed by atoms with van der Waals surface area (Å²) in [4.78, 5) is 19.0. The van der Waals surface area contributed by atoms with Crippen molar-refractivity contribution >= 4 is 11.7 Å². The van der Waals surface area contributed by atoms with Crippen molar-refractivity contribution in [2.24, 2.45) is 5.84 Å². The predicted molar refractivity (Wildman–Crippen MR) is 87.1 cm³/mol. The van der Waals surface area contributed by atoms with Crippen LogP contribution in [0.5, 0.6) is 0 Å². The number of carbonyl (C=O) groups is 1. The Kier molecular flexibility index (Phi) is 7.15. The van der Waals surface area contributed by atoms with Crippen molar-refractivity contribution in [1.82, 2.24) is 9.88 Å². The zero-order chi connectivity index (χ0) is 15.8. The molecular formula is C16H28N4O. The lowest BCUT2D eigenvalue weighted by molar-refractivity contribution is 0.0702. The van der Waals surface area contributed by atoms with E-state index in [-0.39, 0.29) is 11.9 Å². The summed E-state index contributed by atoms with van der Waals surface area (Å²) in [5.41, 5.74) is 4.06. The van der Waals surface area contributed by atoms with Gasteiger partial charge >= 0.3 is 0 Å². The minimum absolute atomic E-state index is 0.0507. The SMILES string of the molecule is CCCCCN(C(=O)c1cc(CC)nc(NN)c1)C(C)C. The molecule has 0 aromatic carbocycles. The fraction of sp³-hybridized carbons (Fsp3) is 0.625. The monoisotopic (exact) mass is 292 g/mol. The number of hydrogen-bond donors (Lipinski definition) is 2. The van der Waals surface area contributed by atoms with Gasteiger partial charge in [0.1, 0.15) is 5.82 Å². The van der Waals surface area contributed by atoms with Crippen LogP contribution < -0.4 is 11.3 Å². The first-order valence-corrected chi connectivity index (χ1v) is 7.82. The number of nitrogens with zero attached hydrogens (tertiary/aromatic N) is 2. The third-order valence-corrected chi connectivity index (χ3v) is 3.52. The lowest BCUT2D eigenvalue weighted by atomic mass is 10.1. The second-order valence-electron chi connectivity index (χ2n) is 5.53. The molecule has 1 aromatic rings. The topological polar surface area (TPSA) is 71.2 Å². The molecule has 0 unspecified atom stereocenters. The molecule has 1 aromatic heterocycles. The van der Waals surface area contributed by atoms with Crippen molar-refractivity contribution in [1.29, 1.82) is 0 Å². The molecule has 0 atom stereocenters. The summed E-state index contributed by atoms with van der Waals surface area (Å²) in [7, 11) is 0. The molecule has 3 N–H and O–H groups in total. The first kappa shape index (κ1) is 17.4. The zero-order valence-corrected chi connectivity index (χ0v) is 13.6. The fourth-order valence-corrected chi connectivity index (χ4v) is 2.26. The highest BCUT2D eigenvalue weighted by atomic mass is 16.2. The van der Waals surface area contributed by atoms with E-state index in [4.69, 9.17) is 5.84 Å². The van der Waals surface area contributed by atoms with Crippen LogP contribution in [-0.2, 0) is 6.42 Å². The van der Waals surface area contributed by atoms with E-state index < -0.39 is 0 Å². The molecule has 0 saturated carbocycles. The van der Waals surface area contributed by atoms with Crippen LogP contribution >= 0.6 is 0 Å². The third-order valence-electron chi connectivity index (χ3n) is 3.52. The molecule has 0 bridgehead atoms. The van der Waals surface area contributed by atoms with Crippen LogP contribution in [0, 0.1) is 0 Å². The van der Waals surface area contributed by atoms with Crippen molar-refractivity contribution in [3.8, 4) is 0 Å². The number of rotatable bonds is 8. The predicted octanol–water partition coefficient (Wildman–Crippen LogP) is 2.97. The third kappa shape index (κ3) is 5.01. The summed E-state index contributed by atoms with van der Waals surface area (Å²) in [6, 6.07) is 3.76. The molecule has 21 heavy (non-hydrogen) atoms. The summed E-state index contributed by atoms with van der Waals surface area (Å²) >= 11 is 0. The maximum absolute atomic E-state index is 12.7. The first-order valence-electron chi connectivity index (χ1n) is 7.82. The Bertz CT molecular complexity index is 437. The van der Waals surface area contributed by atoms with Gasteiger partial charge in [-0.1, -0.05) is 26.7 Å². The molecule has 0 aliphatic carbocycles. The lowest BCUT2D eigenvalue weighted by Crippen LogP contribution is -2.37. The molecule has 1 amide bonds. The molecule has 0 spiro atoms. The van der Waals surface area contributed by atoms with E-state index in [2.05, 4.69) is 17.3 Å². The van der Waals surface area contributed by atoms with E-state index in [0.717, 1.165) is 37.9 Å². The molecule has 0 aliphatic rings. The van der Waals surface area contributed by atoms with Crippen LogP contribution in [-0.4, -0.2) is 28.4 Å². The van der Waals surface area contributed by atoms with E-state index in [1.165, 1.54) is 0 Å². The number of amides is 1. The number of carbonyl (C=O) groups excluding carboxylic acids is 1. The van der Waals surface area contributed by atoms with Gasteiger partial charge in [-0.2, -0.15) is 0 Å². The van der Waals surface area contributed by atoms with E-state index in [1.807, 2.05) is 31.7 Å². The largest absolute Gasteiger partial charge is 0.336 e. The maximum Gasteiger partial charge on any atom is 0.254 e. The minimum atomic E-state index is 0.0507. The number of nitrogens with two attached hydrogens (primary N) is 1. The van der Waals surface area contributed by atoms with E-state index in [0.29, 0.717) is 11.4 Å². The summed E-state index contributed by atoms with van der Waals surface area (Å²) < 4.78 is 0. The van der Waals surface area contributed by atoms with Crippen molar-refractivity contribution in [2.45, 2.75) is 59.4 Å². The van der Waals surface area contributed by atoms with Gasteiger partial charge in [0.15, 0.2) is 0 Å². The fourth-order valence-electron chi connectivity index (χ4n) is 2.26. The van der Waals surface area contributed by atoms with Crippen LogP contribution in [0.4, 0.5) is 5.82 Å². The molecule has 118 valence electrons. The smallest absolute Gasteiger partial charge is 0.254 e. The second-order valence-corrected chi connectivity index (χ2v) is 5.53. The van der Waals surface area contributed by atoms with Crippen LogP contribution in [0.2, 0.25) is 0 Å². The number of nitrogens with one attached hydrogen (secondary N) is 1. The summed E-state index contributed by atoms with van der Waals surface area (Å²) in [5, 5.41) is 0. The number of anilines is 1. The molecule has 1 heterocycles. The highest BCUT2D eigenvalue weighted by Gasteiger charge is 2.19. The lowest BCUT2D eigenvalue weighted by Gasteiger charge is -2.27. The number of hydrazine groups is 1. The van der Waals surface area contributed by atoms with Gasteiger partial charge < -0.3 is 10.3 Å². The maximum atomic E-state index is 12.7. The van der Waals surface area contributed by atoms with E-state index in [1.54, 1.807) is 6.07 Å². The summed E-state index contributed by atoms with van der Waals surface area (Å²) in [6.45, 7) is 9.07. The molecule has 5 heteroatoms. The first-order chi connectivity index (χ1) is 10.0. The average Bonchev–Trinajstić information content (AvgIpc) is 2.50. The Morgan fingerprint density at radius 1 is 1.33 bits per heavy atom. The van der Waals surface area contributed by atoms with Gasteiger partial charge in [0.2, 0.25) is 0 Å². The van der Waals surface area contributed by atoms with Crippen LogP contribution in [0.25, 0.3) is 0 Å². The standard InChI is InChI=1S/C16H28N4O/c1-5-7-8-9-20(12(3)4)16(21)13-10-14(6-2)18-15(11-13)19-17/h10-12H,5-9,17H2,1-4H3,(H,18,19). The van der Waals surface area contributed by atoms with Crippen LogP contribution in [0.1, 0.15) is 63.0 Å². The van der Waals surface area contributed by atoms with Crippen molar-refractivity contribution in [3.05, 3.63) is 23.4 Å². The molecule has 0 aliphatic heterocycles. The Hall–Kier alpha value is -1.62. The van der Waals surface area contributed by atoms with E-state index in [9.17, 15) is 4.79 Å². The number of aryl methyl sites for hydroxylation is 1. The van der Waals surface area contributed by atoms with Crippen molar-refractivity contribution < 1.29 is 4.79 Å². The van der Waals surface area contributed by atoms with Gasteiger partial charge in [0.05, 0.1) is 0 Å². The number of nitrogen functional groups attached to an aromatic ring is 1. The Balaban J connectivity index is 2.96. The van der Waals surface area contributed by atoms with Gasteiger partial charge in [0, 0.05) is 23.8 Å². The van der Waals surface area contributed by atoms with Crippen molar-refractivity contribution in [3.63, 3.8) is 0 Å².